The van der Waals surface area contributed by atoms with Crippen LogP contribution < -0.4 is 5.73 Å². The first-order chi connectivity index (χ1) is 8.24. The molecule has 5 heteroatoms. The molecule has 86 valence electrons. The zero-order chi connectivity index (χ0) is 11.8. The van der Waals surface area contributed by atoms with Crippen LogP contribution in [0, 0.1) is 0 Å². The summed E-state index contributed by atoms with van der Waals surface area (Å²) in [6.07, 6.45) is 2.30. The highest BCUT2D eigenvalue weighted by molar-refractivity contribution is 9.10. The number of hydrogen-bond donors (Lipinski definition) is 1. The van der Waals surface area contributed by atoms with Gasteiger partial charge in [0.05, 0.1) is 0 Å². The maximum atomic E-state index is 5.73. The molecule has 17 heavy (non-hydrogen) atoms. The Bertz CT molecular complexity index is 566. The Balaban J connectivity index is 2.11. The molecule has 0 aliphatic heterocycles. The number of anilines is 1. The van der Waals surface area contributed by atoms with Crippen LogP contribution in [0.15, 0.2) is 28.7 Å². The lowest BCUT2D eigenvalue weighted by molar-refractivity contribution is 0.902. The summed E-state index contributed by atoms with van der Waals surface area (Å²) in [4.78, 5) is 12.9. The molecule has 1 saturated carbocycles. The lowest BCUT2D eigenvalue weighted by atomic mass is 10.2. The molecule has 1 heterocycles. The minimum Gasteiger partial charge on any atom is -0.368 e. The fraction of sp³-hybridized carbons (Fsp3) is 0.250. The Morgan fingerprint density at radius 3 is 2.59 bits per heavy atom. The van der Waals surface area contributed by atoms with Gasteiger partial charge in [0.1, 0.15) is 5.82 Å². The fourth-order valence-electron chi connectivity index (χ4n) is 1.70. The Labute approximate surface area is 107 Å². The number of benzene rings is 1. The number of aromatic nitrogens is 3. The van der Waals surface area contributed by atoms with Gasteiger partial charge in [-0.3, -0.25) is 0 Å². The predicted octanol–water partition coefficient (Wildman–Crippen LogP) is 2.76. The van der Waals surface area contributed by atoms with E-state index in [1.165, 1.54) is 0 Å². The van der Waals surface area contributed by atoms with E-state index in [1.54, 1.807) is 0 Å². The first-order valence-corrected chi connectivity index (χ1v) is 6.29. The van der Waals surface area contributed by atoms with E-state index in [1.807, 2.05) is 24.3 Å². The van der Waals surface area contributed by atoms with Crippen LogP contribution in [-0.4, -0.2) is 15.0 Å². The van der Waals surface area contributed by atoms with Gasteiger partial charge >= 0.3 is 0 Å². The van der Waals surface area contributed by atoms with Crippen molar-refractivity contribution in [2.75, 3.05) is 5.73 Å². The molecule has 2 aromatic rings. The highest BCUT2D eigenvalue weighted by Gasteiger charge is 2.27. The zero-order valence-corrected chi connectivity index (χ0v) is 10.7. The third-order valence-corrected chi connectivity index (χ3v) is 3.42. The van der Waals surface area contributed by atoms with Gasteiger partial charge in [0.25, 0.3) is 0 Å². The van der Waals surface area contributed by atoms with E-state index < -0.39 is 0 Å². The maximum absolute atomic E-state index is 5.73. The third kappa shape index (κ3) is 2.15. The van der Waals surface area contributed by atoms with E-state index in [4.69, 9.17) is 5.73 Å². The molecule has 1 fully saturated rings. The van der Waals surface area contributed by atoms with E-state index in [0.29, 0.717) is 17.7 Å². The summed E-state index contributed by atoms with van der Waals surface area (Å²) >= 11 is 3.49. The molecule has 0 bridgehead atoms. The molecule has 1 aliphatic carbocycles. The monoisotopic (exact) mass is 290 g/mol. The van der Waals surface area contributed by atoms with Crippen molar-refractivity contribution in [1.82, 2.24) is 15.0 Å². The largest absolute Gasteiger partial charge is 0.368 e. The SMILES string of the molecule is Nc1nc(-c2ccccc2Br)nc(C2CC2)n1. The van der Waals surface area contributed by atoms with Gasteiger partial charge in [-0.15, -0.1) is 0 Å². The first kappa shape index (κ1) is 10.7. The molecular formula is C12H11BrN4. The van der Waals surface area contributed by atoms with Crippen LogP contribution >= 0.6 is 15.9 Å². The second-order valence-corrected chi connectivity index (χ2v) is 4.98. The quantitative estimate of drug-likeness (QED) is 0.924. The molecule has 3 rings (SSSR count). The molecule has 4 nitrogen and oxygen atoms in total. The Hall–Kier alpha value is -1.49. The van der Waals surface area contributed by atoms with Crippen LogP contribution in [0.4, 0.5) is 5.95 Å². The second kappa shape index (κ2) is 4.07. The van der Waals surface area contributed by atoms with Crippen LogP contribution in [0.25, 0.3) is 11.4 Å². The summed E-state index contributed by atoms with van der Waals surface area (Å²) in [5.41, 5.74) is 6.68. The van der Waals surface area contributed by atoms with Gasteiger partial charge in [-0.05, 0) is 18.9 Å². The lowest BCUT2D eigenvalue weighted by Gasteiger charge is -2.05. The van der Waals surface area contributed by atoms with Gasteiger partial charge in [0.15, 0.2) is 5.82 Å². The highest BCUT2D eigenvalue weighted by atomic mass is 79.9. The van der Waals surface area contributed by atoms with E-state index in [9.17, 15) is 0 Å². The molecule has 1 aromatic carbocycles. The molecule has 1 aromatic heterocycles. The Morgan fingerprint density at radius 2 is 1.88 bits per heavy atom. The van der Waals surface area contributed by atoms with Crippen molar-refractivity contribution >= 4 is 21.9 Å². The maximum Gasteiger partial charge on any atom is 0.223 e. The van der Waals surface area contributed by atoms with Gasteiger partial charge in [-0.1, -0.05) is 34.1 Å². The van der Waals surface area contributed by atoms with E-state index in [-0.39, 0.29) is 0 Å². The average Bonchev–Trinajstić information content (AvgIpc) is 3.12. The van der Waals surface area contributed by atoms with Crippen molar-refractivity contribution in [2.24, 2.45) is 0 Å². The zero-order valence-electron chi connectivity index (χ0n) is 9.10. The third-order valence-electron chi connectivity index (χ3n) is 2.73. The number of rotatable bonds is 2. The summed E-state index contributed by atoms with van der Waals surface area (Å²) < 4.78 is 0.965. The van der Waals surface area contributed by atoms with Gasteiger partial charge < -0.3 is 5.73 Å². The van der Waals surface area contributed by atoms with E-state index in [2.05, 4.69) is 30.9 Å². The van der Waals surface area contributed by atoms with Crippen LogP contribution in [0.3, 0.4) is 0 Å². The van der Waals surface area contributed by atoms with E-state index >= 15 is 0 Å². The van der Waals surface area contributed by atoms with Crippen LogP contribution in [0.2, 0.25) is 0 Å². The summed E-state index contributed by atoms with van der Waals surface area (Å²) in [5.74, 6) is 2.24. The molecule has 2 N–H and O–H groups in total. The van der Waals surface area contributed by atoms with Crippen LogP contribution in [0.5, 0.6) is 0 Å². The fourth-order valence-corrected chi connectivity index (χ4v) is 2.16. The summed E-state index contributed by atoms with van der Waals surface area (Å²) in [6.45, 7) is 0. The van der Waals surface area contributed by atoms with Crippen molar-refractivity contribution < 1.29 is 0 Å². The molecule has 0 unspecified atom stereocenters. The number of halogens is 1. The number of nitrogens with two attached hydrogens (primary N) is 1. The Kier molecular flexibility index (Phi) is 2.55. The molecule has 0 atom stereocenters. The van der Waals surface area contributed by atoms with Crippen molar-refractivity contribution in [3.05, 3.63) is 34.6 Å². The van der Waals surface area contributed by atoms with Crippen LogP contribution in [-0.2, 0) is 0 Å². The van der Waals surface area contributed by atoms with Gasteiger partial charge in [0, 0.05) is 16.0 Å². The average molecular weight is 291 g/mol. The van der Waals surface area contributed by atoms with Crippen molar-refractivity contribution in [1.29, 1.82) is 0 Å². The molecule has 0 saturated heterocycles. The van der Waals surface area contributed by atoms with Crippen molar-refractivity contribution in [3.8, 4) is 11.4 Å². The van der Waals surface area contributed by atoms with Gasteiger partial charge in [0.2, 0.25) is 5.95 Å². The second-order valence-electron chi connectivity index (χ2n) is 4.13. The molecular weight excluding hydrogens is 280 g/mol. The number of hydrogen-bond acceptors (Lipinski definition) is 4. The van der Waals surface area contributed by atoms with Gasteiger partial charge in [-0.2, -0.15) is 9.97 Å². The highest BCUT2D eigenvalue weighted by Crippen LogP contribution is 2.38. The standard InChI is InChI=1S/C12H11BrN4/c13-9-4-2-1-3-8(9)11-15-10(7-5-6-7)16-12(14)17-11/h1-4,7H,5-6H2,(H2,14,15,16,17). The number of nitrogen functional groups attached to an aromatic ring is 1. The summed E-state index contributed by atoms with van der Waals surface area (Å²) in [6, 6.07) is 7.85. The van der Waals surface area contributed by atoms with Gasteiger partial charge in [-0.25, -0.2) is 4.98 Å². The van der Waals surface area contributed by atoms with E-state index in [0.717, 1.165) is 28.7 Å². The molecule has 0 amide bonds. The Morgan fingerprint density at radius 1 is 1.12 bits per heavy atom. The predicted molar refractivity (Wildman–Crippen MR) is 69.4 cm³/mol. The normalized spacial score (nSPS) is 14.9. The first-order valence-electron chi connectivity index (χ1n) is 5.50. The summed E-state index contributed by atoms with van der Waals surface area (Å²) in [5, 5.41) is 0. The molecule has 0 radical (unpaired) electrons. The minimum absolute atomic E-state index is 0.299. The number of nitrogens with zero attached hydrogens (tertiary/aromatic N) is 3. The smallest absolute Gasteiger partial charge is 0.223 e. The molecule has 0 spiro atoms. The lowest BCUT2D eigenvalue weighted by Crippen LogP contribution is -2.04. The molecule has 1 aliphatic rings. The summed E-state index contributed by atoms with van der Waals surface area (Å²) in [7, 11) is 0. The van der Waals surface area contributed by atoms with Crippen LogP contribution in [0.1, 0.15) is 24.6 Å². The minimum atomic E-state index is 0.299. The van der Waals surface area contributed by atoms with Crippen molar-refractivity contribution in [2.45, 2.75) is 18.8 Å². The van der Waals surface area contributed by atoms with Crippen molar-refractivity contribution in [3.63, 3.8) is 0 Å². The topological polar surface area (TPSA) is 64.7 Å².